The van der Waals surface area contributed by atoms with E-state index in [-0.39, 0.29) is 0 Å². The van der Waals surface area contributed by atoms with Crippen molar-refractivity contribution in [2.24, 2.45) is 0 Å². The highest BCUT2D eigenvalue weighted by atomic mass is 32.1. The van der Waals surface area contributed by atoms with Crippen molar-refractivity contribution in [3.63, 3.8) is 0 Å². The predicted molar refractivity (Wildman–Crippen MR) is 54.9 cm³/mol. The second-order valence-corrected chi connectivity index (χ2v) is 4.20. The molecule has 0 spiro atoms. The summed E-state index contributed by atoms with van der Waals surface area (Å²) in [4.78, 5) is 1.06. The van der Waals surface area contributed by atoms with Gasteiger partial charge in [0.15, 0.2) is 0 Å². The largest absolute Gasteiger partial charge is 0.143 e. The molecule has 2 rings (SSSR count). The molecule has 0 aliphatic heterocycles. The first-order valence-electron chi connectivity index (χ1n) is 4.56. The molecule has 0 unspecified atom stereocenters. The molecule has 0 radical (unpaired) electrons. The molecule has 0 aromatic heterocycles. The van der Waals surface area contributed by atoms with Gasteiger partial charge in [-0.2, -0.15) is 0 Å². The summed E-state index contributed by atoms with van der Waals surface area (Å²) in [6, 6.07) is 8.63. The first-order valence-corrected chi connectivity index (χ1v) is 5.01. The highest BCUT2D eigenvalue weighted by Gasteiger charge is 2.41. The Morgan fingerprint density at radius 1 is 1.25 bits per heavy atom. The molecule has 1 heteroatoms. The van der Waals surface area contributed by atoms with Crippen molar-refractivity contribution < 1.29 is 0 Å². The molecule has 1 aliphatic rings. The first-order chi connectivity index (χ1) is 5.77. The van der Waals surface area contributed by atoms with Crippen molar-refractivity contribution in [1.29, 1.82) is 0 Å². The van der Waals surface area contributed by atoms with Crippen molar-refractivity contribution in [2.75, 3.05) is 0 Å². The van der Waals surface area contributed by atoms with Gasteiger partial charge in [-0.3, -0.25) is 0 Å². The molecule has 0 saturated heterocycles. The molecule has 1 aromatic carbocycles. The zero-order chi connectivity index (χ0) is 8.60. The van der Waals surface area contributed by atoms with Gasteiger partial charge in [-0.05, 0) is 42.4 Å². The second kappa shape index (κ2) is 2.81. The molecular formula is C11H14S. The van der Waals surface area contributed by atoms with Crippen LogP contribution in [0.25, 0.3) is 0 Å². The van der Waals surface area contributed by atoms with Crippen LogP contribution in [0.5, 0.6) is 0 Å². The van der Waals surface area contributed by atoms with Gasteiger partial charge in [0, 0.05) is 4.90 Å². The Labute approximate surface area is 79.4 Å². The van der Waals surface area contributed by atoms with Crippen LogP contribution in [0.3, 0.4) is 0 Å². The Hall–Kier alpha value is -0.430. The van der Waals surface area contributed by atoms with Crippen LogP contribution in [-0.4, -0.2) is 0 Å². The monoisotopic (exact) mass is 178 g/mol. The third-order valence-corrected chi connectivity index (χ3v) is 3.31. The first kappa shape index (κ1) is 8.18. The van der Waals surface area contributed by atoms with Crippen molar-refractivity contribution in [3.05, 3.63) is 29.8 Å². The molecule has 12 heavy (non-hydrogen) atoms. The molecule has 0 atom stereocenters. The minimum atomic E-state index is 0.543. The lowest BCUT2D eigenvalue weighted by Gasteiger charge is -2.12. The molecule has 1 fully saturated rings. The molecule has 0 nitrogen and oxygen atoms in total. The van der Waals surface area contributed by atoms with E-state index in [0.717, 1.165) is 4.90 Å². The number of rotatable bonds is 2. The van der Waals surface area contributed by atoms with Crippen molar-refractivity contribution in [1.82, 2.24) is 0 Å². The van der Waals surface area contributed by atoms with E-state index in [1.165, 1.54) is 24.8 Å². The average molecular weight is 178 g/mol. The van der Waals surface area contributed by atoms with Gasteiger partial charge < -0.3 is 0 Å². The van der Waals surface area contributed by atoms with Gasteiger partial charge in [0.1, 0.15) is 0 Å². The summed E-state index contributed by atoms with van der Waals surface area (Å²) >= 11 is 4.28. The lowest BCUT2D eigenvalue weighted by Crippen LogP contribution is -2.03. The van der Waals surface area contributed by atoms with Gasteiger partial charge in [-0.15, -0.1) is 12.6 Å². The van der Waals surface area contributed by atoms with Gasteiger partial charge in [0.05, 0.1) is 0 Å². The summed E-state index contributed by atoms with van der Waals surface area (Å²) in [5.74, 6) is 0. The van der Waals surface area contributed by atoms with E-state index in [1.54, 1.807) is 0 Å². The van der Waals surface area contributed by atoms with E-state index in [4.69, 9.17) is 0 Å². The summed E-state index contributed by atoms with van der Waals surface area (Å²) in [5.41, 5.74) is 2.05. The van der Waals surface area contributed by atoms with Crippen LogP contribution >= 0.6 is 12.6 Å². The third-order valence-electron chi connectivity index (χ3n) is 3.01. The minimum Gasteiger partial charge on any atom is -0.143 e. The summed E-state index contributed by atoms with van der Waals surface area (Å²) in [5, 5.41) is 0. The van der Waals surface area contributed by atoms with E-state index in [1.807, 2.05) is 0 Å². The van der Waals surface area contributed by atoms with Crippen molar-refractivity contribution in [3.8, 4) is 0 Å². The Balaban J connectivity index is 2.29. The van der Waals surface area contributed by atoms with Crippen molar-refractivity contribution >= 4 is 12.6 Å². The number of hydrogen-bond donors (Lipinski definition) is 1. The summed E-state index contributed by atoms with van der Waals surface area (Å²) < 4.78 is 0. The third kappa shape index (κ3) is 1.27. The van der Waals surface area contributed by atoms with Crippen LogP contribution in [0.1, 0.15) is 31.7 Å². The normalized spacial score (nSPS) is 19.2. The van der Waals surface area contributed by atoms with E-state index in [9.17, 15) is 0 Å². The standard InChI is InChI=1S/C11H14S/c1-2-11(7-8-11)9-3-5-10(12)6-4-9/h3-6,12H,2,7-8H2,1H3. The molecular weight excluding hydrogens is 164 g/mol. The fourth-order valence-electron chi connectivity index (χ4n) is 1.81. The zero-order valence-electron chi connectivity index (χ0n) is 7.38. The number of benzene rings is 1. The van der Waals surface area contributed by atoms with Crippen LogP contribution in [0.4, 0.5) is 0 Å². The Kier molecular flexibility index (Phi) is 1.91. The van der Waals surface area contributed by atoms with Crippen LogP contribution in [-0.2, 0) is 5.41 Å². The summed E-state index contributed by atoms with van der Waals surface area (Å²) in [7, 11) is 0. The number of thiol groups is 1. The van der Waals surface area contributed by atoms with E-state index >= 15 is 0 Å². The van der Waals surface area contributed by atoms with E-state index < -0.39 is 0 Å². The SMILES string of the molecule is CCC1(c2ccc(S)cc2)CC1. The Morgan fingerprint density at radius 2 is 1.83 bits per heavy atom. The second-order valence-electron chi connectivity index (χ2n) is 3.68. The Bertz CT molecular complexity index is 270. The molecule has 0 heterocycles. The fourth-order valence-corrected chi connectivity index (χ4v) is 1.96. The number of hydrogen-bond acceptors (Lipinski definition) is 1. The highest BCUT2D eigenvalue weighted by molar-refractivity contribution is 7.80. The van der Waals surface area contributed by atoms with Gasteiger partial charge >= 0.3 is 0 Å². The molecule has 64 valence electrons. The molecule has 0 bridgehead atoms. The lowest BCUT2D eigenvalue weighted by atomic mass is 9.93. The molecule has 0 N–H and O–H groups in total. The van der Waals surface area contributed by atoms with Gasteiger partial charge in [0.25, 0.3) is 0 Å². The van der Waals surface area contributed by atoms with Crippen LogP contribution in [0.2, 0.25) is 0 Å². The highest BCUT2D eigenvalue weighted by Crippen LogP contribution is 2.50. The molecule has 1 saturated carbocycles. The smallest absolute Gasteiger partial charge is 0.00401 e. The maximum Gasteiger partial charge on any atom is 0.00401 e. The van der Waals surface area contributed by atoms with Crippen LogP contribution in [0.15, 0.2) is 29.2 Å². The topological polar surface area (TPSA) is 0 Å². The molecule has 1 aliphatic carbocycles. The predicted octanol–water partition coefficient (Wildman–Crippen LogP) is 3.42. The maximum atomic E-state index is 4.28. The van der Waals surface area contributed by atoms with Crippen LogP contribution in [0, 0.1) is 0 Å². The average Bonchev–Trinajstić information content (AvgIpc) is 2.86. The van der Waals surface area contributed by atoms with Gasteiger partial charge in [-0.1, -0.05) is 19.1 Å². The fraction of sp³-hybridized carbons (Fsp3) is 0.455. The summed E-state index contributed by atoms with van der Waals surface area (Å²) in [6.45, 7) is 2.28. The minimum absolute atomic E-state index is 0.543. The van der Waals surface area contributed by atoms with Gasteiger partial charge in [0.2, 0.25) is 0 Å². The maximum absolute atomic E-state index is 4.28. The Morgan fingerprint density at radius 3 is 2.25 bits per heavy atom. The van der Waals surface area contributed by atoms with Crippen LogP contribution < -0.4 is 0 Å². The lowest BCUT2D eigenvalue weighted by molar-refractivity contribution is 0.663. The summed E-state index contributed by atoms with van der Waals surface area (Å²) in [6.07, 6.45) is 4.02. The molecule has 1 aromatic rings. The quantitative estimate of drug-likeness (QED) is 0.659. The zero-order valence-corrected chi connectivity index (χ0v) is 8.27. The van der Waals surface area contributed by atoms with E-state index in [0.29, 0.717) is 5.41 Å². The van der Waals surface area contributed by atoms with E-state index in [2.05, 4.69) is 43.8 Å². The van der Waals surface area contributed by atoms with Crippen molar-refractivity contribution in [2.45, 2.75) is 36.5 Å². The molecule has 0 amide bonds. The van der Waals surface area contributed by atoms with Gasteiger partial charge in [-0.25, -0.2) is 0 Å².